The second-order valence-corrected chi connectivity index (χ2v) is 4.74. The summed E-state index contributed by atoms with van der Waals surface area (Å²) >= 11 is 5.78. The molecule has 1 fully saturated rings. The number of likely N-dealkylation sites (N-methyl/N-ethyl adjacent to an activating group) is 1. The minimum atomic E-state index is 0.473. The topological polar surface area (TPSA) is 41.1 Å². The molecule has 1 saturated carbocycles. The molecule has 1 N–H and O–H groups in total. The van der Waals surface area contributed by atoms with E-state index in [-0.39, 0.29) is 0 Å². The van der Waals surface area contributed by atoms with Gasteiger partial charge >= 0.3 is 0 Å². The highest BCUT2D eigenvalue weighted by atomic mass is 35.5. The molecule has 0 amide bonds. The highest BCUT2D eigenvalue weighted by Gasteiger charge is 2.28. The van der Waals surface area contributed by atoms with Crippen LogP contribution in [0.3, 0.4) is 0 Å². The molecule has 0 spiro atoms. The van der Waals surface area contributed by atoms with Crippen LogP contribution in [0.2, 0.25) is 5.15 Å². The van der Waals surface area contributed by atoms with Gasteiger partial charge in [0.1, 0.15) is 17.3 Å². The van der Waals surface area contributed by atoms with Gasteiger partial charge in [-0.1, -0.05) is 11.6 Å². The Balaban J connectivity index is 1.82. The number of hydrogen-bond acceptors (Lipinski definition) is 4. The largest absolute Gasteiger partial charge is 0.368 e. The second-order valence-electron chi connectivity index (χ2n) is 4.35. The Morgan fingerprint density at radius 3 is 2.94 bits per heavy atom. The first-order valence-corrected chi connectivity index (χ1v) is 5.98. The lowest BCUT2D eigenvalue weighted by molar-refractivity contribution is 0.257. The Hall–Kier alpha value is -0.870. The summed E-state index contributed by atoms with van der Waals surface area (Å²) in [5.74, 6) is 0.788. The minimum Gasteiger partial charge on any atom is -0.368 e. The molecule has 1 aliphatic carbocycles. The van der Waals surface area contributed by atoms with Crippen molar-refractivity contribution in [1.82, 2.24) is 14.9 Å². The van der Waals surface area contributed by atoms with E-state index in [0.717, 1.165) is 18.4 Å². The molecule has 0 aromatic carbocycles. The molecular weight excluding hydrogens is 224 g/mol. The first kappa shape index (κ1) is 11.6. The standard InChI is InChI=1S/C11H17ClN4/c1-8(16(2)9-3-4-9)6-13-11-5-10(12)14-7-15-11/h5,7-9H,3-4,6H2,1-2H3,(H,13,14,15). The van der Waals surface area contributed by atoms with Crippen molar-refractivity contribution >= 4 is 17.4 Å². The average molecular weight is 241 g/mol. The Bertz CT molecular complexity index is 354. The third-order valence-electron chi connectivity index (χ3n) is 3.03. The molecule has 1 aromatic rings. The van der Waals surface area contributed by atoms with Gasteiger partial charge in [0.25, 0.3) is 0 Å². The van der Waals surface area contributed by atoms with Crippen molar-refractivity contribution in [1.29, 1.82) is 0 Å². The van der Waals surface area contributed by atoms with E-state index in [1.165, 1.54) is 19.2 Å². The molecule has 0 saturated heterocycles. The fraction of sp³-hybridized carbons (Fsp3) is 0.636. The van der Waals surface area contributed by atoms with Crippen LogP contribution in [0, 0.1) is 0 Å². The fourth-order valence-corrected chi connectivity index (χ4v) is 1.82. The lowest BCUT2D eigenvalue weighted by Crippen LogP contribution is -2.36. The molecule has 0 radical (unpaired) electrons. The second kappa shape index (κ2) is 4.97. The summed E-state index contributed by atoms with van der Waals surface area (Å²) in [6.45, 7) is 3.09. The summed E-state index contributed by atoms with van der Waals surface area (Å²) < 4.78 is 0. The average Bonchev–Trinajstić information content (AvgIpc) is 3.09. The summed E-state index contributed by atoms with van der Waals surface area (Å²) in [6.07, 6.45) is 4.14. The Morgan fingerprint density at radius 1 is 1.56 bits per heavy atom. The van der Waals surface area contributed by atoms with Gasteiger partial charge in [0.05, 0.1) is 0 Å². The minimum absolute atomic E-state index is 0.473. The summed E-state index contributed by atoms with van der Waals surface area (Å²) in [5.41, 5.74) is 0. The van der Waals surface area contributed by atoms with E-state index in [9.17, 15) is 0 Å². The molecule has 2 rings (SSSR count). The summed E-state index contributed by atoms with van der Waals surface area (Å²) in [7, 11) is 2.18. The van der Waals surface area contributed by atoms with Crippen molar-refractivity contribution in [3.63, 3.8) is 0 Å². The lowest BCUT2D eigenvalue weighted by atomic mass is 10.3. The highest BCUT2D eigenvalue weighted by Crippen LogP contribution is 2.26. The SMILES string of the molecule is CC(CNc1cc(Cl)ncn1)N(C)C1CC1. The van der Waals surface area contributed by atoms with E-state index in [1.807, 2.05) is 0 Å². The van der Waals surface area contributed by atoms with Gasteiger partial charge in [0, 0.05) is 24.7 Å². The van der Waals surface area contributed by atoms with Crippen molar-refractivity contribution in [2.24, 2.45) is 0 Å². The van der Waals surface area contributed by atoms with Crippen molar-refractivity contribution in [3.8, 4) is 0 Å². The normalized spacial score (nSPS) is 17.5. The molecule has 1 unspecified atom stereocenters. The number of rotatable bonds is 5. The van der Waals surface area contributed by atoms with Crippen molar-refractivity contribution in [2.75, 3.05) is 18.9 Å². The van der Waals surface area contributed by atoms with E-state index in [0.29, 0.717) is 11.2 Å². The van der Waals surface area contributed by atoms with Gasteiger partial charge in [-0.2, -0.15) is 0 Å². The Labute approximate surface area is 101 Å². The van der Waals surface area contributed by atoms with Crippen molar-refractivity contribution in [3.05, 3.63) is 17.5 Å². The van der Waals surface area contributed by atoms with E-state index >= 15 is 0 Å². The van der Waals surface area contributed by atoms with Crippen LogP contribution in [0.5, 0.6) is 0 Å². The van der Waals surface area contributed by atoms with Crippen LogP contribution in [-0.4, -0.2) is 40.5 Å². The van der Waals surface area contributed by atoms with Crippen LogP contribution in [0.25, 0.3) is 0 Å². The maximum Gasteiger partial charge on any atom is 0.134 e. The zero-order valence-electron chi connectivity index (χ0n) is 9.65. The van der Waals surface area contributed by atoms with Crippen LogP contribution in [0.15, 0.2) is 12.4 Å². The van der Waals surface area contributed by atoms with Gasteiger partial charge in [-0.3, -0.25) is 4.90 Å². The maximum absolute atomic E-state index is 5.78. The van der Waals surface area contributed by atoms with E-state index in [4.69, 9.17) is 11.6 Å². The monoisotopic (exact) mass is 240 g/mol. The van der Waals surface area contributed by atoms with Crippen molar-refractivity contribution in [2.45, 2.75) is 31.8 Å². The molecule has 4 nitrogen and oxygen atoms in total. The molecule has 1 atom stereocenters. The lowest BCUT2D eigenvalue weighted by Gasteiger charge is -2.24. The number of hydrogen-bond donors (Lipinski definition) is 1. The van der Waals surface area contributed by atoms with Crippen LogP contribution in [0.4, 0.5) is 5.82 Å². The maximum atomic E-state index is 5.78. The zero-order chi connectivity index (χ0) is 11.5. The molecule has 16 heavy (non-hydrogen) atoms. The van der Waals surface area contributed by atoms with Gasteiger partial charge in [0.15, 0.2) is 0 Å². The molecule has 5 heteroatoms. The highest BCUT2D eigenvalue weighted by molar-refractivity contribution is 6.29. The van der Waals surface area contributed by atoms with Gasteiger partial charge in [-0.15, -0.1) is 0 Å². The van der Waals surface area contributed by atoms with Gasteiger partial charge < -0.3 is 5.32 Å². The van der Waals surface area contributed by atoms with Crippen molar-refractivity contribution < 1.29 is 0 Å². The third-order valence-corrected chi connectivity index (χ3v) is 3.24. The molecule has 88 valence electrons. The summed E-state index contributed by atoms with van der Waals surface area (Å²) in [4.78, 5) is 10.4. The van der Waals surface area contributed by atoms with E-state index in [2.05, 4.69) is 34.2 Å². The van der Waals surface area contributed by atoms with E-state index in [1.54, 1.807) is 6.07 Å². The van der Waals surface area contributed by atoms with Crippen LogP contribution < -0.4 is 5.32 Å². The predicted octanol–water partition coefficient (Wildman–Crippen LogP) is 2.02. The summed E-state index contributed by atoms with van der Waals surface area (Å²) in [6, 6.07) is 3.03. The quantitative estimate of drug-likeness (QED) is 0.800. The number of aromatic nitrogens is 2. The Kier molecular flexibility index (Phi) is 3.61. The Morgan fingerprint density at radius 2 is 2.31 bits per heavy atom. The summed E-state index contributed by atoms with van der Waals surface area (Å²) in [5, 5.41) is 3.74. The van der Waals surface area contributed by atoms with E-state index < -0.39 is 0 Å². The first-order chi connectivity index (χ1) is 7.66. The first-order valence-electron chi connectivity index (χ1n) is 5.60. The molecule has 1 aliphatic rings. The number of anilines is 1. The zero-order valence-corrected chi connectivity index (χ0v) is 10.4. The fourth-order valence-electron chi connectivity index (χ4n) is 1.67. The number of nitrogens with one attached hydrogen (secondary N) is 1. The molecule has 1 aromatic heterocycles. The number of halogens is 1. The van der Waals surface area contributed by atoms with Gasteiger partial charge in [0.2, 0.25) is 0 Å². The van der Waals surface area contributed by atoms with Gasteiger partial charge in [-0.25, -0.2) is 9.97 Å². The molecule has 0 bridgehead atoms. The smallest absolute Gasteiger partial charge is 0.134 e. The van der Waals surface area contributed by atoms with Gasteiger partial charge in [-0.05, 0) is 26.8 Å². The molecular formula is C11H17ClN4. The predicted molar refractivity (Wildman–Crippen MR) is 65.8 cm³/mol. The van der Waals surface area contributed by atoms with Crippen LogP contribution in [-0.2, 0) is 0 Å². The van der Waals surface area contributed by atoms with Crippen LogP contribution >= 0.6 is 11.6 Å². The third kappa shape index (κ3) is 3.06. The molecule has 1 heterocycles. The van der Waals surface area contributed by atoms with Crippen LogP contribution in [0.1, 0.15) is 19.8 Å². The molecule has 0 aliphatic heterocycles. The number of nitrogens with zero attached hydrogens (tertiary/aromatic N) is 3.